The van der Waals surface area contributed by atoms with Crippen molar-refractivity contribution >= 4 is 23.2 Å². The number of carbonyl (C=O) groups is 2. The first-order valence-corrected chi connectivity index (χ1v) is 5.66. The quantitative estimate of drug-likeness (QED) is 0.645. The Kier molecular flexibility index (Phi) is 4.69. The summed E-state index contributed by atoms with van der Waals surface area (Å²) < 4.78 is 0. The van der Waals surface area contributed by atoms with E-state index < -0.39 is 11.9 Å². The zero-order valence-corrected chi connectivity index (χ0v) is 10.0. The minimum atomic E-state index is -0.712. The van der Waals surface area contributed by atoms with Gasteiger partial charge in [0.1, 0.15) is 12.6 Å². The fourth-order valence-electron chi connectivity index (χ4n) is 0.993. The van der Waals surface area contributed by atoms with Crippen LogP contribution in [0.15, 0.2) is 12.1 Å². The second-order valence-corrected chi connectivity index (χ2v) is 4.31. The third-order valence-corrected chi connectivity index (χ3v) is 2.89. The summed E-state index contributed by atoms with van der Waals surface area (Å²) >= 11 is 1.19. The molecule has 0 radical (unpaired) electrons. The van der Waals surface area contributed by atoms with Crippen molar-refractivity contribution in [3.63, 3.8) is 0 Å². The molecule has 1 atom stereocenters. The van der Waals surface area contributed by atoms with E-state index in [-0.39, 0.29) is 12.5 Å². The molecule has 4 N–H and O–H groups in total. The number of aliphatic hydroxyl groups excluding tert-OH is 1. The van der Waals surface area contributed by atoms with Crippen LogP contribution >= 0.6 is 11.3 Å². The minimum Gasteiger partial charge on any atom is -0.384 e. The highest BCUT2D eigenvalue weighted by molar-refractivity contribution is 7.14. The van der Waals surface area contributed by atoms with Crippen LogP contribution in [-0.4, -0.2) is 29.6 Å². The van der Waals surface area contributed by atoms with E-state index in [1.165, 1.54) is 18.3 Å². The average molecular weight is 252 g/mol. The van der Waals surface area contributed by atoms with Crippen LogP contribution in [0.5, 0.6) is 0 Å². The van der Waals surface area contributed by atoms with Gasteiger partial charge in [-0.3, -0.25) is 9.59 Å². The standard InChI is InChI=1S/C11H12N2O3S/c1-7(10(12)15)13-11(16)9-5-4-8(17-9)3-2-6-14/h4-5,7,14H,6H2,1H3,(H2,12,15)(H,13,16). The van der Waals surface area contributed by atoms with Gasteiger partial charge in [-0.15, -0.1) is 11.3 Å². The number of hydrogen-bond donors (Lipinski definition) is 3. The maximum Gasteiger partial charge on any atom is 0.262 e. The molecule has 2 amide bonds. The first kappa shape index (κ1) is 13.2. The normalized spacial score (nSPS) is 11.2. The van der Waals surface area contributed by atoms with Crippen molar-refractivity contribution in [2.45, 2.75) is 13.0 Å². The monoisotopic (exact) mass is 252 g/mol. The largest absolute Gasteiger partial charge is 0.384 e. The second kappa shape index (κ2) is 6.03. The highest BCUT2D eigenvalue weighted by atomic mass is 32.1. The second-order valence-electron chi connectivity index (χ2n) is 3.22. The van der Waals surface area contributed by atoms with Gasteiger partial charge in [-0.2, -0.15) is 0 Å². The lowest BCUT2D eigenvalue weighted by Crippen LogP contribution is -2.41. The predicted octanol–water partition coefficient (Wildman–Crippen LogP) is -0.304. The summed E-state index contributed by atoms with van der Waals surface area (Å²) in [6.07, 6.45) is 0. The van der Waals surface area contributed by atoms with Gasteiger partial charge >= 0.3 is 0 Å². The number of carbonyl (C=O) groups excluding carboxylic acids is 2. The molecule has 1 aromatic rings. The zero-order chi connectivity index (χ0) is 12.8. The number of nitrogens with two attached hydrogens (primary N) is 1. The molecule has 90 valence electrons. The lowest BCUT2D eigenvalue weighted by molar-refractivity contribution is -0.119. The number of rotatable bonds is 3. The number of thiophene rings is 1. The van der Waals surface area contributed by atoms with E-state index >= 15 is 0 Å². The van der Waals surface area contributed by atoms with Crippen molar-refractivity contribution in [1.29, 1.82) is 0 Å². The fourth-order valence-corrected chi connectivity index (χ4v) is 1.78. The molecule has 0 saturated carbocycles. The Balaban J connectivity index is 2.70. The van der Waals surface area contributed by atoms with Crippen molar-refractivity contribution in [1.82, 2.24) is 5.32 Å². The van der Waals surface area contributed by atoms with Crippen LogP contribution in [0.1, 0.15) is 21.5 Å². The van der Waals surface area contributed by atoms with E-state index in [2.05, 4.69) is 17.2 Å². The maximum absolute atomic E-state index is 11.6. The van der Waals surface area contributed by atoms with E-state index in [0.717, 1.165) is 0 Å². The minimum absolute atomic E-state index is 0.224. The Hall–Kier alpha value is -1.84. The van der Waals surface area contributed by atoms with Gasteiger partial charge in [-0.1, -0.05) is 11.8 Å². The molecule has 0 fully saturated rings. The highest BCUT2D eigenvalue weighted by Gasteiger charge is 2.14. The van der Waals surface area contributed by atoms with Gasteiger partial charge < -0.3 is 16.2 Å². The maximum atomic E-state index is 11.6. The molecule has 0 aliphatic rings. The van der Waals surface area contributed by atoms with Crippen molar-refractivity contribution in [2.24, 2.45) is 5.73 Å². The van der Waals surface area contributed by atoms with Crippen LogP contribution in [0.3, 0.4) is 0 Å². The summed E-state index contributed by atoms with van der Waals surface area (Å²) in [5.41, 5.74) is 5.03. The Bertz CT molecular complexity index is 484. The predicted molar refractivity (Wildman–Crippen MR) is 64.4 cm³/mol. The average Bonchev–Trinajstić information content (AvgIpc) is 2.74. The molecule has 1 heterocycles. The molecule has 1 aromatic heterocycles. The topological polar surface area (TPSA) is 92.4 Å². The van der Waals surface area contributed by atoms with Gasteiger partial charge in [0.05, 0.1) is 9.75 Å². The van der Waals surface area contributed by atoms with Gasteiger partial charge in [0.15, 0.2) is 0 Å². The Morgan fingerprint density at radius 1 is 1.59 bits per heavy atom. The third-order valence-electron chi connectivity index (χ3n) is 1.89. The first-order chi connectivity index (χ1) is 8.04. The molecule has 0 bridgehead atoms. The summed E-state index contributed by atoms with van der Waals surface area (Å²) in [5.74, 6) is 4.23. The summed E-state index contributed by atoms with van der Waals surface area (Å²) in [7, 11) is 0. The Morgan fingerprint density at radius 2 is 2.29 bits per heavy atom. The van der Waals surface area contributed by atoms with Crippen LogP contribution in [0.4, 0.5) is 0 Å². The van der Waals surface area contributed by atoms with Gasteiger partial charge in [0, 0.05) is 0 Å². The number of hydrogen-bond acceptors (Lipinski definition) is 4. The summed E-state index contributed by atoms with van der Waals surface area (Å²) in [6.45, 7) is 1.29. The van der Waals surface area contributed by atoms with Crippen LogP contribution in [-0.2, 0) is 4.79 Å². The van der Waals surface area contributed by atoms with Gasteiger partial charge in [-0.25, -0.2) is 0 Å². The molecule has 0 aliphatic heterocycles. The van der Waals surface area contributed by atoms with E-state index in [4.69, 9.17) is 10.8 Å². The molecule has 17 heavy (non-hydrogen) atoms. The number of nitrogens with one attached hydrogen (secondary N) is 1. The number of primary amides is 1. The van der Waals surface area contributed by atoms with Crippen molar-refractivity contribution in [2.75, 3.05) is 6.61 Å². The van der Waals surface area contributed by atoms with E-state index in [1.807, 2.05) is 0 Å². The summed E-state index contributed by atoms with van der Waals surface area (Å²) in [4.78, 5) is 23.5. The first-order valence-electron chi connectivity index (χ1n) is 4.84. The molecule has 5 nitrogen and oxygen atoms in total. The molecular weight excluding hydrogens is 240 g/mol. The molecule has 0 spiro atoms. The van der Waals surface area contributed by atoms with Crippen molar-refractivity contribution in [3.8, 4) is 11.8 Å². The van der Waals surface area contributed by atoms with E-state index in [9.17, 15) is 9.59 Å². The Labute approximate surface area is 103 Å². The number of amides is 2. The molecule has 0 aliphatic carbocycles. The lowest BCUT2D eigenvalue weighted by Gasteiger charge is -2.08. The molecule has 0 saturated heterocycles. The van der Waals surface area contributed by atoms with E-state index in [0.29, 0.717) is 9.75 Å². The Morgan fingerprint density at radius 3 is 2.88 bits per heavy atom. The summed E-state index contributed by atoms with van der Waals surface area (Å²) in [5, 5.41) is 11.0. The van der Waals surface area contributed by atoms with Crippen LogP contribution in [0.25, 0.3) is 0 Å². The summed E-state index contributed by atoms with van der Waals surface area (Å²) in [6, 6.07) is 2.57. The molecule has 1 rings (SSSR count). The van der Waals surface area contributed by atoms with Crippen LogP contribution < -0.4 is 11.1 Å². The number of aliphatic hydroxyl groups is 1. The van der Waals surface area contributed by atoms with Gasteiger partial charge in [0.25, 0.3) is 5.91 Å². The van der Waals surface area contributed by atoms with E-state index in [1.54, 1.807) is 12.1 Å². The third kappa shape index (κ3) is 3.90. The molecular formula is C11H12N2O3S. The smallest absolute Gasteiger partial charge is 0.262 e. The lowest BCUT2D eigenvalue weighted by atomic mass is 10.3. The highest BCUT2D eigenvalue weighted by Crippen LogP contribution is 2.15. The van der Waals surface area contributed by atoms with Crippen LogP contribution in [0.2, 0.25) is 0 Å². The van der Waals surface area contributed by atoms with Gasteiger partial charge in [-0.05, 0) is 19.1 Å². The van der Waals surface area contributed by atoms with Crippen molar-refractivity contribution in [3.05, 3.63) is 21.9 Å². The zero-order valence-electron chi connectivity index (χ0n) is 9.19. The van der Waals surface area contributed by atoms with Crippen molar-refractivity contribution < 1.29 is 14.7 Å². The fraction of sp³-hybridized carbons (Fsp3) is 0.273. The molecule has 6 heteroatoms. The molecule has 1 unspecified atom stereocenters. The SMILES string of the molecule is CC(NC(=O)c1ccc(C#CCO)s1)C(N)=O. The molecule has 0 aromatic carbocycles. The van der Waals surface area contributed by atoms with Gasteiger partial charge in [0.2, 0.25) is 5.91 Å². The van der Waals surface area contributed by atoms with Crippen LogP contribution in [0, 0.1) is 11.8 Å².